The van der Waals surface area contributed by atoms with E-state index in [0.717, 1.165) is 30.9 Å². The average molecular weight is 323 g/mol. The Labute approximate surface area is 137 Å². The predicted molar refractivity (Wildman–Crippen MR) is 90.3 cm³/mol. The van der Waals surface area contributed by atoms with Crippen LogP contribution in [0.1, 0.15) is 39.2 Å². The molecule has 0 aromatic heterocycles. The third-order valence-electron chi connectivity index (χ3n) is 3.43. The Morgan fingerprint density at radius 1 is 1.32 bits per heavy atom. The number of hydrogen-bond donors (Lipinski definition) is 0. The summed E-state index contributed by atoms with van der Waals surface area (Å²) in [7, 11) is 1.67. The first kappa shape index (κ1) is 17.0. The Balaban J connectivity index is 1.89. The van der Waals surface area contributed by atoms with E-state index in [-0.39, 0.29) is 11.5 Å². The van der Waals surface area contributed by atoms with Gasteiger partial charge in [-0.15, -0.1) is 11.8 Å². The largest absolute Gasteiger partial charge is 0.497 e. The minimum absolute atomic E-state index is 0.197. The molecule has 5 heteroatoms. The molecule has 1 aromatic rings. The summed E-state index contributed by atoms with van der Waals surface area (Å²) >= 11 is 1.80. The lowest BCUT2D eigenvalue weighted by molar-refractivity contribution is 0.0277. The fourth-order valence-corrected chi connectivity index (χ4v) is 3.64. The fraction of sp³-hybridized carbons (Fsp3) is 0.588. The first-order valence-corrected chi connectivity index (χ1v) is 8.68. The maximum atomic E-state index is 12.2. The van der Waals surface area contributed by atoms with Gasteiger partial charge < -0.3 is 9.47 Å². The lowest BCUT2D eigenvalue weighted by Gasteiger charge is -2.28. The number of benzene rings is 1. The van der Waals surface area contributed by atoms with Gasteiger partial charge >= 0.3 is 6.09 Å². The quantitative estimate of drug-likeness (QED) is 0.829. The van der Waals surface area contributed by atoms with Gasteiger partial charge in [0.2, 0.25) is 0 Å². The van der Waals surface area contributed by atoms with Gasteiger partial charge in [0.15, 0.2) is 0 Å². The summed E-state index contributed by atoms with van der Waals surface area (Å²) in [6, 6.07) is 8.07. The van der Waals surface area contributed by atoms with Crippen molar-refractivity contribution in [3.05, 3.63) is 29.8 Å². The van der Waals surface area contributed by atoms with Gasteiger partial charge in [0, 0.05) is 12.3 Å². The highest BCUT2D eigenvalue weighted by Gasteiger charge is 2.32. The van der Waals surface area contributed by atoms with Crippen molar-refractivity contribution in [3.8, 4) is 5.75 Å². The summed E-state index contributed by atoms with van der Waals surface area (Å²) in [6.07, 6.45) is 1.87. The summed E-state index contributed by atoms with van der Waals surface area (Å²) in [5, 5.41) is 0.206. The van der Waals surface area contributed by atoms with E-state index in [1.54, 1.807) is 18.9 Å². The molecule has 1 saturated heterocycles. The molecule has 1 aromatic carbocycles. The Kier molecular flexibility index (Phi) is 5.62. The van der Waals surface area contributed by atoms with Crippen LogP contribution in [-0.4, -0.2) is 35.6 Å². The minimum Gasteiger partial charge on any atom is -0.497 e. The molecule has 0 saturated carbocycles. The predicted octanol–water partition coefficient (Wildman–Crippen LogP) is 4.29. The number of amides is 1. The van der Waals surface area contributed by atoms with Crippen LogP contribution in [0.4, 0.5) is 4.79 Å². The van der Waals surface area contributed by atoms with E-state index in [2.05, 4.69) is 12.1 Å². The summed E-state index contributed by atoms with van der Waals surface area (Å²) in [5.74, 6) is 1.75. The standard InChI is InChI=1S/C17H25NO3S/c1-17(2,3)21-16(19)18-11-5-6-15(18)22-12-13-7-9-14(20-4)10-8-13/h7-10,15H,5-6,11-12H2,1-4H3. The zero-order valence-electron chi connectivity index (χ0n) is 13.8. The topological polar surface area (TPSA) is 38.8 Å². The number of methoxy groups -OCH3 is 1. The van der Waals surface area contributed by atoms with Gasteiger partial charge in [-0.05, 0) is 51.3 Å². The third-order valence-corrected chi connectivity index (χ3v) is 4.80. The first-order valence-electron chi connectivity index (χ1n) is 7.63. The Hall–Kier alpha value is -1.36. The number of carbonyl (C=O) groups excluding carboxylic acids is 1. The second-order valence-corrected chi connectivity index (χ2v) is 7.60. The number of nitrogens with zero attached hydrogens (tertiary/aromatic N) is 1. The minimum atomic E-state index is -0.440. The maximum Gasteiger partial charge on any atom is 0.411 e. The van der Waals surface area contributed by atoms with Crippen molar-refractivity contribution in [2.75, 3.05) is 13.7 Å². The van der Waals surface area contributed by atoms with Gasteiger partial charge in [-0.25, -0.2) is 4.79 Å². The molecule has 2 rings (SSSR count). The molecule has 0 radical (unpaired) electrons. The molecule has 22 heavy (non-hydrogen) atoms. The molecule has 1 fully saturated rings. The van der Waals surface area contributed by atoms with Gasteiger partial charge in [0.05, 0.1) is 12.5 Å². The maximum absolute atomic E-state index is 12.2. The normalized spacial score (nSPS) is 18.4. The molecule has 1 aliphatic rings. The van der Waals surface area contributed by atoms with Crippen molar-refractivity contribution in [2.24, 2.45) is 0 Å². The van der Waals surface area contributed by atoms with E-state index in [1.165, 1.54) is 5.56 Å². The van der Waals surface area contributed by atoms with Crippen LogP contribution in [0.25, 0.3) is 0 Å². The third kappa shape index (κ3) is 4.83. The monoisotopic (exact) mass is 323 g/mol. The zero-order valence-corrected chi connectivity index (χ0v) is 14.6. The van der Waals surface area contributed by atoms with E-state index in [9.17, 15) is 4.79 Å². The zero-order chi connectivity index (χ0) is 16.2. The Bertz CT molecular complexity index is 496. The molecule has 0 bridgehead atoms. The molecule has 0 spiro atoms. The highest BCUT2D eigenvalue weighted by atomic mass is 32.2. The number of thioether (sulfide) groups is 1. The van der Waals surface area contributed by atoms with Crippen molar-refractivity contribution in [1.82, 2.24) is 4.90 Å². The van der Waals surface area contributed by atoms with Crippen LogP contribution in [0.2, 0.25) is 0 Å². The number of ether oxygens (including phenoxy) is 2. The Morgan fingerprint density at radius 3 is 2.59 bits per heavy atom. The van der Waals surface area contributed by atoms with Crippen molar-refractivity contribution in [3.63, 3.8) is 0 Å². The second-order valence-electron chi connectivity index (χ2n) is 6.43. The molecule has 1 aliphatic heterocycles. The molecular formula is C17H25NO3S. The average Bonchev–Trinajstić information content (AvgIpc) is 2.92. The van der Waals surface area contributed by atoms with Gasteiger partial charge in [-0.2, -0.15) is 0 Å². The Morgan fingerprint density at radius 2 is 2.00 bits per heavy atom. The van der Waals surface area contributed by atoms with Crippen LogP contribution in [0.5, 0.6) is 5.75 Å². The van der Waals surface area contributed by atoms with Crippen LogP contribution < -0.4 is 4.74 Å². The molecule has 1 atom stereocenters. The van der Waals surface area contributed by atoms with E-state index < -0.39 is 5.60 Å². The highest BCUT2D eigenvalue weighted by molar-refractivity contribution is 7.99. The summed E-state index contributed by atoms with van der Waals surface area (Å²) in [5.41, 5.74) is 0.798. The van der Waals surface area contributed by atoms with Crippen LogP contribution in [0.15, 0.2) is 24.3 Å². The lowest BCUT2D eigenvalue weighted by Crippen LogP contribution is -2.38. The van der Waals surface area contributed by atoms with Gasteiger partial charge in [-0.1, -0.05) is 12.1 Å². The number of hydrogen-bond acceptors (Lipinski definition) is 4. The molecule has 4 nitrogen and oxygen atoms in total. The molecule has 0 N–H and O–H groups in total. The molecule has 1 amide bonds. The van der Waals surface area contributed by atoms with Crippen molar-refractivity contribution < 1.29 is 14.3 Å². The SMILES string of the molecule is COc1ccc(CSC2CCCN2C(=O)OC(C)(C)C)cc1. The van der Waals surface area contributed by atoms with Crippen LogP contribution in [0.3, 0.4) is 0 Å². The number of likely N-dealkylation sites (tertiary alicyclic amines) is 1. The smallest absolute Gasteiger partial charge is 0.411 e. The van der Waals surface area contributed by atoms with Gasteiger partial charge in [0.25, 0.3) is 0 Å². The van der Waals surface area contributed by atoms with Crippen LogP contribution in [-0.2, 0) is 10.5 Å². The van der Waals surface area contributed by atoms with E-state index >= 15 is 0 Å². The fourth-order valence-electron chi connectivity index (χ4n) is 2.35. The molecular weight excluding hydrogens is 298 g/mol. The lowest BCUT2D eigenvalue weighted by atomic mass is 10.2. The summed E-state index contributed by atoms with van der Waals surface area (Å²) < 4.78 is 10.7. The molecule has 1 heterocycles. The van der Waals surface area contributed by atoms with E-state index in [4.69, 9.17) is 9.47 Å². The summed E-state index contributed by atoms with van der Waals surface area (Å²) in [4.78, 5) is 14.1. The summed E-state index contributed by atoms with van der Waals surface area (Å²) in [6.45, 7) is 6.50. The van der Waals surface area contributed by atoms with Crippen molar-refractivity contribution in [2.45, 2.75) is 50.3 Å². The van der Waals surface area contributed by atoms with Gasteiger partial charge in [0.1, 0.15) is 11.4 Å². The molecule has 122 valence electrons. The van der Waals surface area contributed by atoms with Crippen molar-refractivity contribution >= 4 is 17.9 Å². The van der Waals surface area contributed by atoms with E-state index in [0.29, 0.717) is 0 Å². The van der Waals surface area contributed by atoms with Gasteiger partial charge in [-0.3, -0.25) is 4.90 Å². The number of rotatable bonds is 4. The molecule has 1 unspecified atom stereocenters. The van der Waals surface area contributed by atoms with Crippen molar-refractivity contribution in [1.29, 1.82) is 0 Å². The second kappa shape index (κ2) is 7.27. The number of carbonyl (C=O) groups is 1. The van der Waals surface area contributed by atoms with Crippen LogP contribution >= 0.6 is 11.8 Å². The first-order chi connectivity index (χ1) is 10.4. The molecule has 0 aliphatic carbocycles. The van der Waals surface area contributed by atoms with Crippen LogP contribution in [0, 0.1) is 0 Å². The van der Waals surface area contributed by atoms with E-state index in [1.807, 2.05) is 37.8 Å². The highest BCUT2D eigenvalue weighted by Crippen LogP contribution is 2.31.